The Hall–Kier alpha value is -2.18. The zero-order chi connectivity index (χ0) is 20.8. The number of hydrogen-bond acceptors (Lipinski definition) is 6. The highest BCUT2D eigenvalue weighted by Crippen LogP contribution is 2.29. The van der Waals surface area contributed by atoms with Crippen LogP contribution < -0.4 is 10.0 Å². The average Bonchev–Trinajstić information content (AvgIpc) is 3.13. The summed E-state index contributed by atoms with van der Waals surface area (Å²) in [5, 5.41) is 6.35. The summed E-state index contributed by atoms with van der Waals surface area (Å²) in [7, 11) is -2.23. The van der Waals surface area contributed by atoms with E-state index in [2.05, 4.69) is 40.9 Å². The summed E-state index contributed by atoms with van der Waals surface area (Å²) in [6.07, 6.45) is -2.78. The SMILES string of the molecule is BrC1=NOCC1.CNS(=O)(=O)c1ccc(Nc2ccc(C(F)(F)F)cn2)cc1. The number of halogens is 4. The summed E-state index contributed by atoms with van der Waals surface area (Å²) >= 11 is 3.16. The van der Waals surface area contributed by atoms with Crippen LogP contribution in [0, 0.1) is 0 Å². The van der Waals surface area contributed by atoms with E-state index in [0.717, 1.165) is 29.9 Å². The lowest BCUT2D eigenvalue weighted by molar-refractivity contribution is -0.137. The van der Waals surface area contributed by atoms with Crippen LogP contribution in [-0.4, -0.2) is 31.7 Å². The Balaban J connectivity index is 0.000000397. The van der Waals surface area contributed by atoms with E-state index in [1.54, 1.807) is 0 Å². The first-order valence-corrected chi connectivity index (χ1v) is 10.1. The predicted octanol–water partition coefficient (Wildman–Crippen LogP) is 3.87. The summed E-state index contributed by atoms with van der Waals surface area (Å²) in [4.78, 5) is 8.35. The van der Waals surface area contributed by atoms with Crippen LogP contribution >= 0.6 is 15.9 Å². The van der Waals surface area contributed by atoms with Crippen LogP contribution in [0.15, 0.2) is 52.6 Å². The zero-order valence-electron chi connectivity index (χ0n) is 14.5. The van der Waals surface area contributed by atoms with Gasteiger partial charge in [-0.05, 0) is 59.4 Å². The number of rotatable bonds is 4. The molecule has 1 aliphatic heterocycles. The number of pyridine rings is 1. The molecule has 2 aromatic rings. The van der Waals surface area contributed by atoms with Gasteiger partial charge in [-0.2, -0.15) is 13.2 Å². The first-order valence-electron chi connectivity index (χ1n) is 7.80. The summed E-state index contributed by atoms with van der Waals surface area (Å²) in [5.41, 5.74) is -0.337. The third-order valence-corrected chi connectivity index (χ3v) is 5.33. The second-order valence-electron chi connectivity index (χ2n) is 5.34. The molecule has 0 spiro atoms. The van der Waals surface area contributed by atoms with Gasteiger partial charge in [0.1, 0.15) is 17.0 Å². The van der Waals surface area contributed by atoms with Crippen LogP contribution in [0.25, 0.3) is 0 Å². The molecule has 0 atom stereocenters. The third kappa shape index (κ3) is 6.46. The molecule has 0 unspecified atom stereocenters. The fourth-order valence-electron chi connectivity index (χ4n) is 1.91. The lowest BCUT2D eigenvalue weighted by Crippen LogP contribution is -2.18. The normalized spacial score (nSPS) is 13.8. The Morgan fingerprint density at radius 3 is 2.21 bits per heavy atom. The number of oxime groups is 1. The number of hydrogen-bond donors (Lipinski definition) is 2. The van der Waals surface area contributed by atoms with E-state index in [9.17, 15) is 21.6 Å². The fourth-order valence-corrected chi connectivity index (χ4v) is 2.90. The van der Waals surface area contributed by atoms with Crippen molar-refractivity contribution < 1.29 is 26.4 Å². The van der Waals surface area contributed by atoms with Gasteiger partial charge >= 0.3 is 6.18 Å². The van der Waals surface area contributed by atoms with E-state index in [1.165, 1.54) is 37.4 Å². The molecule has 152 valence electrons. The van der Waals surface area contributed by atoms with E-state index in [1.807, 2.05) is 0 Å². The second kappa shape index (κ2) is 9.34. The average molecular weight is 481 g/mol. The quantitative estimate of drug-likeness (QED) is 0.692. The minimum Gasteiger partial charge on any atom is -0.395 e. The molecule has 2 heterocycles. The molecule has 0 amide bonds. The van der Waals surface area contributed by atoms with Crippen molar-refractivity contribution in [2.24, 2.45) is 5.16 Å². The van der Waals surface area contributed by atoms with Gasteiger partial charge < -0.3 is 10.2 Å². The van der Waals surface area contributed by atoms with Crippen molar-refractivity contribution in [2.45, 2.75) is 17.5 Å². The van der Waals surface area contributed by atoms with E-state index < -0.39 is 21.8 Å². The Kier molecular flexibility index (Phi) is 7.38. The fraction of sp³-hybridized carbons (Fsp3) is 0.250. The predicted molar refractivity (Wildman–Crippen MR) is 102 cm³/mol. The van der Waals surface area contributed by atoms with Gasteiger partial charge in [0.15, 0.2) is 0 Å². The molecule has 1 aliphatic rings. The van der Waals surface area contributed by atoms with Crippen LogP contribution in [0.2, 0.25) is 0 Å². The lowest BCUT2D eigenvalue weighted by Gasteiger charge is -2.09. The Bertz CT molecular complexity index is 918. The molecule has 7 nitrogen and oxygen atoms in total. The summed E-state index contributed by atoms with van der Waals surface area (Å²) < 4.78 is 63.4. The van der Waals surface area contributed by atoms with Gasteiger partial charge in [0.05, 0.1) is 10.5 Å². The Morgan fingerprint density at radius 2 is 1.82 bits per heavy atom. The number of nitrogens with zero attached hydrogens (tertiary/aromatic N) is 2. The van der Waals surface area contributed by atoms with Gasteiger partial charge in [-0.1, -0.05) is 5.16 Å². The van der Waals surface area contributed by atoms with Gasteiger partial charge in [-0.15, -0.1) is 0 Å². The maximum absolute atomic E-state index is 12.4. The molecular formula is C16H16BrF3N4O3S. The highest BCUT2D eigenvalue weighted by molar-refractivity contribution is 9.18. The highest BCUT2D eigenvalue weighted by Gasteiger charge is 2.30. The number of alkyl halides is 3. The molecule has 0 fully saturated rings. The molecule has 2 N–H and O–H groups in total. The molecule has 0 radical (unpaired) electrons. The van der Waals surface area contributed by atoms with Crippen molar-refractivity contribution in [3.05, 3.63) is 48.2 Å². The summed E-state index contributed by atoms with van der Waals surface area (Å²) in [6, 6.07) is 7.83. The molecule has 1 aromatic heterocycles. The Labute approximate surface area is 168 Å². The largest absolute Gasteiger partial charge is 0.417 e. The van der Waals surface area contributed by atoms with Crippen LogP contribution in [0.3, 0.4) is 0 Å². The zero-order valence-corrected chi connectivity index (χ0v) is 16.9. The standard InChI is InChI=1S/C13H12F3N3O2S.C3H4BrNO/c1-17-22(20,21)11-5-3-10(4-6-11)19-12-7-2-9(8-18-12)13(14,15)16;4-3-1-2-6-5-3/h2-8,17H,1H3,(H,18,19);1-2H2. The van der Waals surface area contributed by atoms with Gasteiger partial charge in [0.2, 0.25) is 10.0 Å². The summed E-state index contributed by atoms with van der Waals surface area (Å²) in [6.45, 7) is 0.737. The first-order chi connectivity index (χ1) is 13.1. The molecule has 28 heavy (non-hydrogen) atoms. The van der Waals surface area contributed by atoms with Gasteiger partial charge in [0.25, 0.3) is 0 Å². The number of sulfonamides is 1. The Morgan fingerprint density at radius 1 is 1.14 bits per heavy atom. The van der Waals surface area contributed by atoms with Crippen LogP contribution in [-0.2, 0) is 21.0 Å². The molecule has 3 rings (SSSR count). The van der Waals surface area contributed by atoms with Crippen molar-refractivity contribution >= 4 is 42.1 Å². The minimum atomic E-state index is -4.44. The molecule has 0 saturated carbocycles. The monoisotopic (exact) mass is 480 g/mol. The van der Waals surface area contributed by atoms with Crippen molar-refractivity contribution in [1.82, 2.24) is 9.71 Å². The van der Waals surface area contributed by atoms with Crippen molar-refractivity contribution in [3.8, 4) is 0 Å². The van der Waals surface area contributed by atoms with Crippen LogP contribution in [0.1, 0.15) is 12.0 Å². The number of benzene rings is 1. The second-order valence-corrected chi connectivity index (χ2v) is 8.14. The third-order valence-electron chi connectivity index (χ3n) is 3.36. The van der Waals surface area contributed by atoms with Gasteiger partial charge in [-0.3, -0.25) is 0 Å². The number of anilines is 2. The van der Waals surface area contributed by atoms with Crippen molar-refractivity contribution in [1.29, 1.82) is 0 Å². The molecule has 12 heteroatoms. The highest BCUT2D eigenvalue weighted by atomic mass is 79.9. The number of nitrogens with one attached hydrogen (secondary N) is 2. The van der Waals surface area contributed by atoms with Gasteiger partial charge in [0, 0.05) is 18.3 Å². The first kappa shape index (κ1) is 22.1. The topological polar surface area (TPSA) is 92.7 Å². The van der Waals surface area contributed by atoms with Crippen LogP contribution in [0.4, 0.5) is 24.7 Å². The van der Waals surface area contributed by atoms with Crippen molar-refractivity contribution in [3.63, 3.8) is 0 Å². The molecule has 1 aromatic carbocycles. The lowest BCUT2D eigenvalue weighted by atomic mass is 10.2. The molecule has 0 aliphatic carbocycles. The van der Waals surface area contributed by atoms with E-state index >= 15 is 0 Å². The van der Waals surface area contributed by atoms with Gasteiger partial charge in [-0.25, -0.2) is 18.1 Å². The van der Waals surface area contributed by atoms with E-state index in [4.69, 9.17) is 0 Å². The smallest absolute Gasteiger partial charge is 0.395 e. The molecule has 0 saturated heterocycles. The maximum Gasteiger partial charge on any atom is 0.417 e. The maximum atomic E-state index is 12.4. The van der Waals surface area contributed by atoms with Crippen molar-refractivity contribution in [2.75, 3.05) is 19.0 Å². The van der Waals surface area contributed by atoms with E-state index in [0.29, 0.717) is 5.69 Å². The summed E-state index contributed by atoms with van der Waals surface area (Å²) in [5.74, 6) is 0.220. The molecular weight excluding hydrogens is 465 g/mol. The number of aromatic nitrogens is 1. The van der Waals surface area contributed by atoms with Crippen LogP contribution in [0.5, 0.6) is 0 Å². The minimum absolute atomic E-state index is 0.0842. The molecule has 0 bridgehead atoms. The van der Waals surface area contributed by atoms with E-state index in [-0.39, 0.29) is 10.7 Å².